The van der Waals surface area contributed by atoms with Gasteiger partial charge in [0.25, 0.3) is 5.91 Å². The number of carbonyl (C=O) groups excluding carboxylic acids is 1. The van der Waals surface area contributed by atoms with E-state index in [2.05, 4.69) is 10.1 Å². The first-order chi connectivity index (χ1) is 9.22. The fourth-order valence-electron chi connectivity index (χ4n) is 2.36. The first kappa shape index (κ1) is 11.9. The van der Waals surface area contributed by atoms with Crippen molar-refractivity contribution >= 4 is 5.91 Å². The van der Waals surface area contributed by atoms with Gasteiger partial charge < -0.3 is 4.90 Å². The highest BCUT2D eigenvalue weighted by Crippen LogP contribution is 2.20. The monoisotopic (exact) mass is 256 g/mol. The van der Waals surface area contributed by atoms with Crippen molar-refractivity contribution in [3.8, 4) is 0 Å². The average Bonchev–Trinajstić information content (AvgIpc) is 2.79. The summed E-state index contributed by atoms with van der Waals surface area (Å²) in [4.78, 5) is 17.9. The molecule has 1 aliphatic heterocycles. The molecule has 2 aromatic heterocycles. The predicted octanol–water partition coefficient (Wildman–Crippen LogP) is 1.36. The second-order valence-corrected chi connectivity index (χ2v) is 5.05. The van der Waals surface area contributed by atoms with Gasteiger partial charge >= 0.3 is 0 Å². The maximum absolute atomic E-state index is 12.1. The number of rotatable bonds is 3. The molecule has 2 aromatic rings. The molecule has 5 nitrogen and oxygen atoms in total. The highest BCUT2D eigenvalue weighted by molar-refractivity contribution is 5.94. The van der Waals surface area contributed by atoms with E-state index in [0.29, 0.717) is 11.5 Å². The van der Waals surface area contributed by atoms with Gasteiger partial charge in [-0.25, -0.2) is 0 Å². The smallest absolute Gasteiger partial charge is 0.253 e. The highest BCUT2D eigenvalue weighted by Gasteiger charge is 2.31. The summed E-state index contributed by atoms with van der Waals surface area (Å²) in [5.74, 6) is 0.598. The van der Waals surface area contributed by atoms with E-state index < -0.39 is 0 Å². The Morgan fingerprint density at radius 2 is 2.11 bits per heavy atom. The fraction of sp³-hybridized carbons (Fsp3) is 0.357. The molecule has 0 spiro atoms. The van der Waals surface area contributed by atoms with Gasteiger partial charge in [0.2, 0.25) is 0 Å². The largest absolute Gasteiger partial charge is 0.338 e. The van der Waals surface area contributed by atoms with Gasteiger partial charge in [-0.05, 0) is 24.6 Å². The van der Waals surface area contributed by atoms with Gasteiger partial charge in [0, 0.05) is 49.7 Å². The van der Waals surface area contributed by atoms with Gasteiger partial charge in [0.05, 0.1) is 6.20 Å². The van der Waals surface area contributed by atoms with Crippen LogP contribution in [0.1, 0.15) is 15.9 Å². The van der Waals surface area contributed by atoms with Gasteiger partial charge in [-0.1, -0.05) is 0 Å². The average molecular weight is 256 g/mol. The number of aromatic nitrogens is 3. The van der Waals surface area contributed by atoms with Crippen LogP contribution in [-0.4, -0.2) is 38.7 Å². The quantitative estimate of drug-likeness (QED) is 0.833. The van der Waals surface area contributed by atoms with Crippen LogP contribution >= 0.6 is 0 Å². The van der Waals surface area contributed by atoms with Crippen LogP contribution in [0.4, 0.5) is 0 Å². The summed E-state index contributed by atoms with van der Waals surface area (Å²) < 4.78 is 1.95. The van der Waals surface area contributed by atoms with E-state index in [9.17, 15) is 4.79 Å². The molecule has 0 bridgehead atoms. The molecule has 0 unspecified atom stereocenters. The maximum Gasteiger partial charge on any atom is 0.253 e. The van der Waals surface area contributed by atoms with Crippen molar-refractivity contribution in [2.45, 2.75) is 13.5 Å². The Labute approximate surface area is 111 Å². The van der Waals surface area contributed by atoms with E-state index in [-0.39, 0.29) is 5.91 Å². The zero-order valence-corrected chi connectivity index (χ0v) is 10.9. The lowest BCUT2D eigenvalue weighted by Gasteiger charge is -2.39. The predicted molar refractivity (Wildman–Crippen MR) is 70.6 cm³/mol. The molecule has 1 amide bonds. The Kier molecular flexibility index (Phi) is 3.03. The van der Waals surface area contributed by atoms with E-state index in [1.165, 1.54) is 5.56 Å². The van der Waals surface area contributed by atoms with Crippen molar-refractivity contribution < 1.29 is 4.79 Å². The molecule has 0 radical (unpaired) electrons. The first-order valence-corrected chi connectivity index (χ1v) is 6.41. The Balaban J connectivity index is 1.54. The maximum atomic E-state index is 12.1. The minimum atomic E-state index is 0.0929. The van der Waals surface area contributed by atoms with Crippen LogP contribution in [0.5, 0.6) is 0 Å². The minimum Gasteiger partial charge on any atom is -0.338 e. The number of hydrogen-bond acceptors (Lipinski definition) is 3. The normalized spacial score (nSPS) is 15.3. The zero-order valence-electron chi connectivity index (χ0n) is 10.9. The summed E-state index contributed by atoms with van der Waals surface area (Å²) in [5, 5.41) is 4.27. The topological polar surface area (TPSA) is 51.0 Å². The number of amides is 1. The third-order valence-electron chi connectivity index (χ3n) is 3.38. The highest BCUT2D eigenvalue weighted by atomic mass is 16.2. The first-order valence-electron chi connectivity index (χ1n) is 6.41. The van der Waals surface area contributed by atoms with Crippen molar-refractivity contribution in [3.05, 3.63) is 48.0 Å². The number of aryl methyl sites for hydroxylation is 1. The SMILES string of the molecule is Cc1cnn(CC2CN(C(=O)c3ccncc3)C2)c1. The molecule has 0 aromatic carbocycles. The van der Waals surface area contributed by atoms with Crippen LogP contribution in [0, 0.1) is 12.8 Å². The summed E-state index contributed by atoms with van der Waals surface area (Å²) in [6.07, 6.45) is 7.19. The number of hydrogen-bond donors (Lipinski definition) is 0. The molecule has 3 rings (SSSR count). The van der Waals surface area contributed by atoms with E-state index in [4.69, 9.17) is 0 Å². The molecule has 0 atom stereocenters. The van der Waals surface area contributed by atoms with Crippen LogP contribution in [0.25, 0.3) is 0 Å². The molecular weight excluding hydrogens is 240 g/mol. The Bertz CT molecular complexity index is 572. The Morgan fingerprint density at radius 1 is 1.37 bits per heavy atom. The second-order valence-electron chi connectivity index (χ2n) is 5.05. The van der Waals surface area contributed by atoms with Crippen molar-refractivity contribution in [1.82, 2.24) is 19.7 Å². The van der Waals surface area contributed by atoms with Gasteiger partial charge in [0.15, 0.2) is 0 Å². The summed E-state index contributed by atoms with van der Waals surface area (Å²) >= 11 is 0. The third kappa shape index (κ3) is 2.50. The van der Waals surface area contributed by atoms with Crippen molar-refractivity contribution in [2.75, 3.05) is 13.1 Å². The molecule has 0 N–H and O–H groups in total. The van der Waals surface area contributed by atoms with E-state index in [1.807, 2.05) is 28.9 Å². The summed E-state index contributed by atoms with van der Waals surface area (Å²) in [7, 11) is 0. The lowest BCUT2D eigenvalue weighted by Crippen LogP contribution is -2.51. The minimum absolute atomic E-state index is 0.0929. The van der Waals surface area contributed by atoms with Crippen molar-refractivity contribution in [2.24, 2.45) is 5.92 Å². The zero-order chi connectivity index (χ0) is 13.2. The van der Waals surface area contributed by atoms with Gasteiger partial charge in [-0.2, -0.15) is 5.10 Å². The molecule has 19 heavy (non-hydrogen) atoms. The number of nitrogens with zero attached hydrogens (tertiary/aromatic N) is 4. The van der Waals surface area contributed by atoms with Crippen LogP contribution in [-0.2, 0) is 6.54 Å². The van der Waals surface area contributed by atoms with Crippen molar-refractivity contribution in [3.63, 3.8) is 0 Å². The Morgan fingerprint density at radius 3 is 2.74 bits per heavy atom. The summed E-state index contributed by atoms with van der Waals surface area (Å²) in [6, 6.07) is 3.51. The molecule has 1 aliphatic rings. The fourth-order valence-corrected chi connectivity index (χ4v) is 2.36. The van der Waals surface area contributed by atoms with E-state index in [1.54, 1.807) is 24.5 Å². The van der Waals surface area contributed by atoms with Gasteiger partial charge in [0.1, 0.15) is 0 Å². The van der Waals surface area contributed by atoms with Crippen molar-refractivity contribution in [1.29, 1.82) is 0 Å². The summed E-state index contributed by atoms with van der Waals surface area (Å²) in [6.45, 7) is 4.53. The van der Waals surface area contributed by atoms with E-state index in [0.717, 1.165) is 19.6 Å². The van der Waals surface area contributed by atoms with Gasteiger partial charge in [-0.3, -0.25) is 14.5 Å². The molecule has 0 saturated carbocycles. The third-order valence-corrected chi connectivity index (χ3v) is 3.38. The second kappa shape index (κ2) is 4.84. The lowest BCUT2D eigenvalue weighted by atomic mass is 9.99. The van der Waals surface area contributed by atoms with Crippen LogP contribution in [0.3, 0.4) is 0 Å². The number of pyridine rings is 1. The summed E-state index contributed by atoms with van der Waals surface area (Å²) in [5.41, 5.74) is 1.88. The number of carbonyl (C=O) groups is 1. The molecule has 0 aliphatic carbocycles. The lowest BCUT2D eigenvalue weighted by molar-refractivity contribution is 0.0461. The molecule has 98 valence electrons. The van der Waals surface area contributed by atoms with E-state index >= 15 is 0 Å². The Hall–Kier alpha value is -2.17. The number of likely N-dealkylation sites (tertiary alicyclic amines) is 1. The molecule has 1 saturated heterocycles. The molecule has 3 heterocycles. The van der Waals surface area contributed by atoms with Gasteiger partial charge in [-0.15, -0.1) is 0 Å². The van der Waals surface area contributed by atoms with Crippen LogP contribution in [0.15, 0.2) is 36.9 Å². The molecular formula is C14H16N4O. The molecule has 1 fully saturated rings. The van der Waals surface area contributed by atoms with Crippen LogP contribution in [0.2, 0.25) is 0 Å². The standard InChI is InChI=1S/C14H16N4O/c1-11-6-16-18(7-11)10-12-8-17(9-12)14(19)13-2-4-15-5-3-13/h2-7,12H,8-10H2,1H3. The molecule has 5 heteroatoms. The van der Waals surface area contributed by atoms with Crippen LogP contribution < -0.4 is 0 Å².